The van der Waals surface area contributed by atoms with Gasteiger partial charge in [-0.1, -0.05) is 12.1 Å². The number of ketones is 1. The van der Waals surface area contributed by atoms with Crippen molar-refractivity contribution in [1.29, 1.82) is 0 Å². The van der Waals surface area contributed by atoms with Crippen molar-refractivity contribution < 1.29 is 9.53 Å². The quantitative estimate of drug-likeness (QED) is 0.808. The number of benzene rings is 1. The molecule has 0 aliphatic heterocycles. The summed E-state index contributed by atoms with van der Waals surface area (Å²) in [6.07, 6.45) is 3.36. The normalized spacial score (nSPS) is 10.2. The third-order valence-electron chi connectivity index (χ3n) is 2.27. The minimum absolute atomic E-state index is 0.00620. The molecular weight excluding hydrogens is 216 g/mol. The van der Waals surface area contributed by atoms with Gasteiger partial charge in [0.25, 0.3) is 0 Å². The van der Waals surface area contributed by atoms with Crippen LogP contribution in [-0.4, -0.2) is 22.2 Å². The van der Waals surface area contributed by atoms with Crippen molar-refractivity contribution in [1.82, 2.24) is 9.78 Å². The van der Waals surface area contributed by atoms with Gasteiger partial charge in [0.05, 0.1) is 18.1 Å². The monoisotopic (exact) mass is 230 g/mol. The molecule has 2 aromatic rings. The molecule has 4 nitrogen and oxygen atoms in total. The fourth-order valence-electron chi connectivity index (χ4n) is 1.48. The van der Waals surface area contributed by atoms with E-state index in [4.69, 9.17) is 4.74 Å². The molecule has 1 aromatic heterocycles. The number of hydrogen-bond acceptors (Lipinski definition) is 3. The molecule has 0 amide bonds. The third kappa shape index (κ3) is 2.93. The SMILES string of the molecule is CC(=O)COc1cnn(-c2cccc(C)c2)c1. The molecule has 1 heterocycles. The lowest BCUT2D eigenvalue weighted by Crippen LogP contribution is -2.05. The first-order valence-corrected chi connectivity index (χ1v) is 5.39. The predicted octanol–water partition coefficient (Wildman–Crippen LogP) is 2.15. The lowest BCUT2D eigenvalue weighted by atomic mass is 10.2. The first-order chi connectivity index (χ1) is 8.15. The maximum absolute atomic E-state index is 10.8. The highest BCUT2D eigenvalue weighted by Crippen LogP contribution is 2.14. The summed E-state index contributed by atoms with van der Waals surface area (Å²) in [6.45, 7) is 3.60. The molecule has 0 N–H and O–H groups in total. The smallest absolute Gasteiger partial charge is 0.167 e. The van der Waals surface area contributed by atoms with Crippen molar-refractivity contribution in [2.75, 3.05) is 6.61 Å². The maximum atomic E-state index is 10.8. The van der Waals surface area contributed by atoms with E-state index in [9.17, 15) is 4.79 Å². The zero-order chi connectivity index (χ0) is 12.3. The standard InChI is InChI=1S/C13H14N2O2/c1-10-4-3-5-12(6-10)15-8-13(7-14-15)17-9-11(2)16/h3-8H,9H2,1-2H3. The molecule has 0 spiro atoms. The summed E-state index contributed by atoms with van der Waals surface area (Å²) >= 11 is 0. The number of carbonyl (C=O) groups is 1. The number of hydrogen-bond donors (Lipinski definition) is 0. The lowest BCUT2D eigenvalue weighted by molar-refractivity contribution is -0.118. The van der Waals surface area contributed by atoms with E-state index < -0.39 is 0 Å². The zero-order valence-electron chi connectivity index (χ0n) is 9.88. The van der Waals surface area contributed by atoms with Gasteiger partial charge in [-0.2, -0.15) is 5.10 Å². The second-order valence-electron chi connectivity index (χ2n) is 3.95. The van der Waals surface area contributed by atoms with Gasteiger partial charge < -0.3 is 4.74 Å². The van der Waals surface area contributed by atoms with E-state index in [0.717, 1.165) is 5.69 Å². The molecule has 88 valence electrons. The Hall–Kier alpha value is -2.10. The van der Waals surface area contributed by atoms with E-state index >= 15 is 0 Å². The number of ether oxygens (including phenoxy) is 1. The van der Waals surface area contributed by atoms with E-state index in [1.165, 1.54) is 12.5 Å². The molecule has 17 heavy (non-hydrogen) atoms. The van der Waals surface area contributed by atoms with E-state index in [2.05, 4.69) is 5.10 Å². The molecule has 0 radical (unpaired) electrons. The molecule has 1 aromatic carbocycles. The van der Waals surface area contributed by atoms with Crippen molar-refractivity contribution in [2.45, 2.75) is 13.8 Å². The number of aryl methyl sites for hydroxylation is 1. The van der Waals surface area contributed by atoms with Gasteiger partial charge in [-0.15, -0.1) is 0 Å². The summed E-state index contributed by atoms with van der Waals surface area (Å²) in [7, 11) is 0. The molecule has 0 bridgehead atoms. The van der Waals surface area contributed by atoms with Gasteiger partial charge >= 0.3 is 0 Å². The topological polar surface area (TPSA) is 44.1 Å². The molecule has 0 aliphatic carbocycles. The van der Waals surface area contributed by atoms with E-state index in [1.807, 2.05) is 31.2 Å². The van der Waals surface area contributed by atoms with Crippen molar-refractivity contribution in [3.05, 3.63) is 42.2 Å². The average molecular weight is 230 g/mol. The van der Waals surface area contributed by atoms with Crippen molar-refractivity contribution in [2.24, 2.45) is 0 Å². The molecule has 0 unspecified atom stereocenters. The highest BCUT2D eigenvalue weighted by atomic mass is 16.5. The lowest BCUT2D eigenvalue weighted by Gasteiger charge is -2.02. The summed E-state index contributed by atoms with van der Waals surface area (Å²) < 4.78 is 6.99. The Morgan fingerprint density at radius 2 is 2.29 bits per heavy atom. The first-order valence-electron chi connectivity index (χ1n) is 5.39. The van der Waals surface area contributed by atoms with Gasteiger partial charge in [-0.3, -0.25) is 4.79 Å². The summed E-state index contributed by atoms with van der Waals surface area (Å²) in [5.74, 6) is 0.593. The minimum Gasteiger partial charge on any atom is -0.483 e. The Morgan fingerprint density at radius 1 is 1.47 bits per heavy atom. The molecule has 0 fully saturated rings. The van der Waals surface area contributed by atoms with E-state index in [1.54, 1.807) is 17.1 Å². The molecule has 0 atom stereocenters. The number of nitrogens with zero attached hydrogens (tertiary/aromatic N) is 2. The van der Waals surface area contributed by atoms with Crippen LogP contribution in [0, 0.1) is 6.92 Å². The van der Waals surface area contributed by atoms with Crippen LogP contribution in [-0.2, 0) is 4.79 Å². The number of Topliss-reactive ketones (excluding diaryl/α,β-unsaturated/α-hetero) is 1. The first kappa shape index (κ1) is 11.4. The highest BCUT2D eigenvalue weighted by molar-refractivity contribution is 5.77. The van der Waals surface area contributed by atoms with Gasteiger partial charge in [-0.05, 0) is 31.5 Å². The van der Waals surface area contributed by atoms with Crippen LogP contribution < -0.4 is 4.74 Å². The van der Waals surface area contributed by atoms with Crippen LogP contribution >= 0.6 is 0 Å². The average Bonchev–Trinajstić information content (AvgIpc) is 2.75. The van der Waals surface area contributed by atoms with Crippen LogP contribution in [0.3, 0.4) is 0 Å². The maximum Gasteiger partial charge on any atom is 0.167 e. The van der Waals surface area contributed by atoms with Crippen molar-refractivity contribution >= 4 is 5.78 Å². The molecule has 2 rings (SSSR count). The summed E-state index contributed by atoms with van der Waals surface area (Å²) in [5, 5.41) is 4.19. The fraction of sp³-hybridized carbons (Fsp3) is 0.231. The van der Waals surface area contributed by atoms with Crippen LogP contribution in [0.1, 0.15) is 12.5 Å². The van der Waals surface area contributed by atoms with Crippen molar-refractivity contribution in [3.63, 3.8) is 0 Å². The van der Waals surface area contributed by atoms with Gasteiger partial charge in [0.2, 0.25) is 0 Å². The van der Waals surface area contributed by atoms with Crippen LogP contribution in [0.4, 0.5) is 0 Å². The second kappa shape index (κ2) is 4.82. The molecular formula is C13H14N2O2. The third-order valence-corrected chi connectivity index (χ3v) is 2.27. The van der Waals surface area contributed by atoms with E-state index in [0.29, 0.717) is 5.75 Å². The fourth-order valence-corrected chi connectivity index (χ4v) is 1.48. The van der Waals surface area contributed by atoms with Crippen LogP contribution in [0.25, 0.3) is 5.69 Å². The summed E-state index contributed by atoms with van der Waals surface area (Å²) in [4.78, 5) is 10.8. The zero-order valence-corrected chi connectivity index (χ0v) is 9.88. The number of carbonyl (C=O) groups excluding carboxylic acids is 1. The molecule has 0 saturated carbocycles. The Bertz CT molecular complexity index is 532. The molecule has 4 heteroatoms. The second-order valence-corrected chi connectivity index (χ2v) is 3.95. The van der Waals surface area contributed by atoms with Crippen LogP contribution in [0.5, 0.6) is 5.75 Å². The number of aromatic nitrogens is 2. The Kier molecular flexibility index (Phi) is 3.23. The molecule has 0 aliphatic rings. The largest absolute Gasteiger partial charge is 0.483 e. The van der Waals surface area contributed by atoms with Crippen LogP contribution in [0.15, 0.2) is 36.7 Å². The number of rotatable bonds is 4. The van der Waals surface area contributed by atoms with Gasteiger partial charge in [0.15, 0.2) is 11.5 Å². The Morgan fingerprint density at radius 3 is 3.00 bits per heavy atom. The summed E-state index contributed by atoms with van der Waals surface area (Å²) in [5.41, 5.74) is 2.15. The van der Waals surface area contributed by atoms with Gasteiger partial charge in [-0.25, -0.2) is 4.68 Å². The minimum atomic E-state index is -0.00620. The molecule has 0 saturated heterocycles. The van der Waals surface area contributed by atoms with Crippen molar-refractivity contribution in [3.8, 4) is 11.4 Å². The van der Waals surface area contributed by atoms with E-state index in [-0.39, 0.29) is 12.4 Å². The highest BCUT2D eigenvalue weighted by Gasteiger charge is 2.02. The Balaban J connectivity index is 2.15. The van der Waals surface area contributed by atoms with Crippen LogP contribution in [0.2, 0.25) is 0 Å². The van der Waals surface area contributed by atoms with Gasteiger partial charge in [0, 0.05) is 0 Å². The Labute approximate surface area is 99.8 Å². The predicted molar refractivity (Wildman–Crippen MR) is 64.5 cm³/mol. The summed E-state index contributed by atoms with van der Waals surface area (Å²) in [6, 6.07) is 8.00. The van der Waals surface area contributed by atoms with Gasteiger partial charge in [0.1, 0.15) is 6.61 Å².